The summed E-state index contributed by atoms with van der Waals surface area (Å²) in [4.78, 5) is 17.0. The van der Waals surface area contributed by atoms with Crippen molar-refractivity contribution in [1.29, 1.82) is 0 Å². The van der Waals surface area contributed by atoms with Gasteiger partial charge in [0.05, 0.1) is 18.5 Å². The molecule has 0 aliphatic carbocycles. The lowest BCUT2D eigenvalue weighted by atomic mass is 10.3. The van der Waals surface area contributed by atoms with Gasteiger partial charge in [-0.2, -0.15) is 0 Å². The number of aromatic nitrogens is 1. The van der Waals surface area contributed by atoms with Crippen LogP contribution in [0.1, 0.15) is 18.5 Å². The second-order valence-corrected chi connectivity index (χ2v) is 3.93. The summed E-state index contributed by atoms with van der Waals surface area (Å²) in [6.07, 6.45) is 2.85. The van der Waals surface area contributed by atoms with Crippen LogP contribution in [0.4, 0.5) is 0 Å². The molecule has 1 aromatic heterocycles. The predicted molar refractivity (Wildman–Crippen MR) is 65.6 cm³/mol. The number of rotatable bonds is 6. The minimum Gasteiger partial charge on any atom is -0.492 e. The number of nitrogens with zero attached hydrogens (tertiary/aromatic N) is 2. The van der Waals surface area contributed by atoms with Gasteiger partial charge in [0, 0.05) is 27.1 Å². The molecule has 0 saturated heterocycles. The number of ether oxygens (including phenoxy) is 1. The van der Waals surface area contributed by atoms with E-state index in [-0.39, 0.29) is 5.91 Å². The maximum absolute atomic E-state index is 11.3. The smallest absolute Gasteiger partial charge is 0.222 e. The van der Waals surface area contributed by atoms with Gasteiger partial charge in [-0.25, -0.2) is 0 Å². The van der Waals surface area contributed by atoms with Crippen molar-refractivity contribution in [1.82, 2.24) is 9.88 Å². The molecule has 0 aromatic carbocycles. The Balaban J connectivity index is 2.24. The second-order valence-electron chi connectivity index (χ2n) is 3.93. The molecule has 94 valence electrons. The van der Waals surface area contributed by atoms with E-state index in [0.29, 0.717) is 31.7 Å². The van der Waals surface area contributed by atoms with E-state index in [2.05, 4.69) is 4.98 Å². The summed E-state index contributed by atoms with van der Waals surface area (Å²) >= 11 is 0. The Hall–Kier alpha value is -1.62. The van der Waals surface area contributed by atoms with Crippen LogP contribution in [0, 0.1) is 0 Å². The lowest BCUT2D eigenvalue weighted by Gasteiger charge is -2.10. The molecule has 5 nitrogen and oxygen atoms in total. The van der Waals surface area contributed by atoms with Crippen molar-refractivity contribution < 1.29 is 9.53 Å². The number of carbonyl (C=O) groups is 1. The first-order valence-corrected chi connectivity index (χ1v) is 5.61. The van der Waals surface area contributed by atoms with Crippen molar-refractivity contribution in [3.05, 3.63) is 24.0 Å². The Morgan fingerprint density at radius 3 is 2.76 bits per heavy atom. The number of hydrogen-bond acceptors (Lipinski definition) is 4. The van der Waals surface area contributed by atoms with Gasteiger partial charge in [-0.1, -0.05) is 0 Å². The maximum atomic E-state index is 11.3. The molecule has 2 N–H and O–H groups in total. The topological polar surface area (TPSA) is 68.5 Å². The summed E-state index contributed by atoms with van der Waals surface area (Å²) in [6, 6.07) is 3.67. The van der Waals surface area contributed by atoms with Gasteiger partial charge >= 0.3 is 0 Å². The van der Waals surface area contributed by atoms with Gasteiger partial charge in [-0.3, -0.25) is 9.78 Å². The lowest BCUT2D eigenvalue weighted by molar-refractivity contribution is -0.128. The largest absolute Gasteiger partial charge is 0.492 e. The predicted octanol–water partition coefficient (Wildman–Crippen LogP) is 0.787. The molecule has 0 aliphatic rings. The van der Waals surface area contributed by atoms with Crippen LogP contribution in [-0.4, -0.2) is 36.5 Å². The Morgan fingerprint density at radius 2 is 2.24 bits per heavy atom. The Morgan fingerprint density at radius 1 is 1.47 bits per heavy atom. The van der Waals surface area contributed by atoms with E-state index in [0.717, 1.165) is 5.69 Å². The number of pyridine rings is 1. The van der Waals surface area contributed by atoms with E-state index in [1.54, 1.807) is 25.2 Å². The summed E-state index contributed by atoms with van der Waals surface area (Å²) in [6.45, 7) is 0.945. The summed E-state index contributed by atoms with van der Waals surface area (Å²) in [5, 5.41) is 0. The van der Waals surface area contributed by atoms with Crippen molar-refractivity contribution in [2.24, 2.45) is 5.73 Å². The third-order valence-electron chi connectivity index (χ3n) is 2.31. The van der Waals surface area contributed by atoms with E-state index in [4.69, 9.17) is 10.5 Å². The number of amides is 1. The van der Waals surface area contributed by atoms with Gasteiger partial charge in [0.15, 0.2) is 0 Å². The molecule has 0 aliphatic heterocycles. The quantitative estimate of drug-likeness (QED) is 0.743. The van der Waals surface area contributed by atoms with Gasteiger partial charge in [-0.05, 0) is 18.6 Å². The Labute approximate surface area is 102 Å². The molecule has 0 unspecified atom stereocenters. The molecule has 0 fully saturated rings. The van der Waals surface area contributed by atoms with Crippen molar-refractivity contribution in [2.75, 3.05) is 20.7 Å². The number of hydrogen-bond donors (Lipinski definition) is 1. The highest BCUT2D eigenvalue weighted by Crippen LogP contribution is 2.09. The molecule has 0 saturated carbocycles. The summed E-state index contributed by atoms with van der Waals surface area (Å²) in [7, 11) is 3.50. The van der Waals surface area contributed by atoms with Crippen molar-refractivity contribution in [2.45, 2.75) is 19.4 Å². The second kappa shape index (κ2) is 6.85. The first-order chi connectivity index (χ1) is 8.13. The summed E-state index contributed by atoms with van der Waals surface area (Å²) < 4.78 is 5.46. The van der Waals surface area contributed by atoms with Crippen molar-refractivity contribution >= 4 is 5.91 Å². The summed E-state index contributed by atoms with van der Waals surface area (Å²) in [5.74, 6) is 0.824. The average Bonchev–Trinajstić information content (AvgIpc) is 2.35. The molecule has 0 spiro atoms. The fourth-order valence-electron chi connectivity index (χ4n) is 1.25. The van der Waals surface area contributed by atoms with Gasteiger partial charge < -0.3 is 15.4 Å². The van der Waals surface area contributed by atoms with E-state index in [9.17, 15) is 4.79 Å². The van der Waals surface area contributed by atoms with Gasteiger partial charge in [0.1, 0.15) is 5.75 Å². The Bertz CT molecular complexity index is 349. The maximum Gasteiger partial charge on any atom is 0.222 e. The molecular weight excluding hydrogens is 218 g/mol. The molecule has 1 heterocycles. The van der Waals surface area contributed by atoms with Crippen molar-refractivity contribution in [3.63, 3.8) is 0 Å². The van der Waals surface area contributed by atoms with Crippen LogP contribution < -0.4 is 10.5 Å². The van der Waals surface area contributed by atoms with Crippen molar-refractivity contribution in [3.8, 4) is 5.75 Å². The van der Waals surface area contributed by atoms with Gasteiger partial charge in [0.2, 0.25) is 5.91 Å². The Kier molecular flexibility index (Phi) is 5.42. The van der Waals surface area contributed by atoms with Crippen LogP contribution in [0.15, 0.2) is 18.3 Å². The van der Waals surface area contributed by atoms with E-state index in [1.807, 2.05) is 12.1 Å². The highest BCUT2D eigenvalue weighted by atomic mass is 16.5. The molecule has 0 atom stereocenters. The summed E-state index contributed by atoms with van der Waals surface area (Å²) in [5.41, 5.74) is 6.27. The first kappa shape index (κ1) is 13.4. The van der Waals surface area contributed by atoms with Crippen LogP contribution in [0.2, 0.25) is 0 Å². The molecule has 17 heavy (non-hydrogen) atoms. The third kappa shape index (κ3) is 4.82. The normalized spacial score (nSPS) is 10.1. The van der Waals surface area contributed by atoms with Crippen LogP contribution in [-0.2, 0) is 11.3 Å². The van der Waals surface area contributed by atoms with Crippen LogP contribution in [0.25, 0.3) is 0 Å². The zero-order valence-electron chi connectivity index (χ0n) is 10.3. The zero-order valence-corrected chi connectivity index (χ0v) is 10.3. The molecule has 0 radical (unpaired) electrons. The standard InChI is InChI=1S/C12H19N3O2/c1-15(2)12(16)4-3-7-17-11-6-5-10(8-13)14-9-11/h5-6,9H,3-4,7-8,13H2,1-2H3. The van der Waals surface area contributed by atoms with E-state index < -0.39 is 0 Å². The van der Waals surface area contributed by atoms with Gasteiger partial charge in [-0.15, -0.1) is 0 Å². The molecule has 1 rings (SSSR count). The minimum absolute atomic E-state index is 0.116. The highest BCUT2D eigenvalue weighted by molar-refractivity contribution is 5.75. The SMILES string of the molecule is CN(C)C(=O)CCCOc1ccc(CN)nc1. The minimum atomic E-state index is 0.116. The van der Waals surface area contributed by atoms with Crippen LogP contribution >= 0.6 is 0 Å². The van der Waals surface area contributed by atoms with Crippen LogP contribution in [0.3, 0.4) is 0 Å². The third-order valence-corrected chi connectivity index (χ3v) is 2.31. The fourth-order valence-corrected chi connectivity index (χ4v) is 1.25. The van der Waals surface area contributed by atoms with Crippen LogP contribution in [0.5, 0.6) is 5.75 Å². The molecule has 5 heteroatoms. The van der Waals surface area contributed by atoms with Gasteiger partial charge in [0.25, 0.3) is 0 Å². The fraction of sp³-hybridized carbons (Fsp3) is 0.500. The number of nitrogens with two attached hydrogens (primary N) is 1. The average molecular weight is 237 g/mol. The van der Waals surface area contributed by atoms with E-state index >= 15 is 0 Å². The molecule has 1 aromatic rings. The molecule has 1 amide bonds. The number of carbonyl (C=O) groups excluding carboxylic acids is 1. The zero-order chi connectivity index (χ0) is 12.7. The monoisotopic (exact) mass is 237 g/mol. The molecular formula is C12H19N3O2. The lowest BCUT2D eigenvalue weighted by Crippen LogP contribution is -2.21. The molecule has 0 bridgehead atoms. The highest BCUT2D eigenvalue weighted by Gasteiger charge is 2.03. The first-order valence-electron chi connectivity index (χ1n) is 5.61. The van der Waals surface area contributed by atoms with E-state index in [1.165, 1.54) is 0 Å².